The van der Waals surface area contributed by atoms with Crippen LogP contribution in [0.15, 0.2) is 24.3 Å². The van der Waals surface area contributed by atoms with Gasteiger partial charge in [-0.25, -0.2) is 9.07 Å². The topological polar surface area (TPSA) is 61.7 Å². The second-order valence-electron chi connectivity index (χ2n) is 7.60. The molecule has 1 aromatic carbocycles. The number of likely N-dealkylation sites (N-methyl/N-ethyl adjacent to an activating group) is 1. The molecule has 1 aromatic heterocycles. The van der Waals surface area contributed by atoms with E-state index in [0.29, 0.717) is 6.54 Å². The Morgan fingerprint density at radius 2 is 2.00 bits per heavy atom. The Morgan fingerprint density at radius 1 is 1.22 bits per heavy atom. The van der Waals surface area contributed by atoms with Gasteiger partial charge in [0.05, 0.1) is 19.2 Å². The van der Waals surface area contributed by atoms with Crippen LogP contribution in [0.2, 0.25) is 0 Å². The molecule has 0 amide bonds. The van der Waals surface area contributed by atoms with Crippen molar-refractivity contribution in [2.75, 3.05) is 39.3 Å². The quantitative estimate of drug-likeness (QED) is 0.671. The molecule has 146 valence electrons. The van der Waals surface area contributed by atoms with E-state index in [1.165, 1.54) is 17.0 Å². The lowest BCUT2D eigenvalue weighted by Crippen LogP contribution is -3.28. The molecule has 0 bridgehead atoms. The number of quaternary nitrogens is 2. The molecule has 0 radical (unpaired) electrons. The van der Waals surface area contributed by atoms with Gasteiger partial charge in [-0.3, -0.25) is 0 Å². The number of tetrazole rings is 1. The standard InChI is InChI=1S/C19H27FN6O/c1-2-24-9-11-25(12-10-24)18(15-5-7-16(20)8-6-15)19-21-22-23-26(19)14-17-4-3-13-27-17/h5-8,17-18H,2-4,9-14H2,1H3/p+2/t17-,18+/m0/s1. The van der Waals surface area contributed by atoms with Crippen LogP contribution in [-0.4, -0.2) is 65.6 Å². The van der Waals surface area contributed by atoms with E-state index in [2.05, 4.69) is 22.4 Å². The second kappa shape index (κ2) is 8.41. The zero-order valence-electron chi connectivity index (χ0n) is 15.9. The maximum absolute atomic E-state index is 13.5. The number of rotatable bonds is 6. The summed E-state index contributed by atoms with van der Waals surface area (Å²) in [6, 6.07) is 6.82. The predicted molar refractivity (Wildman–Crippen MR) is 97.0 cm³/mol. The summed E-state index contributed by atoms with van der Waals surface area (Å²) in [7, 11) is 0. The predicted octanol–water partition coefficient (Wildman–Crippen LogP) is -1.12. The van der Waals surface area contributed by atoms with Crippen LogP contribution in [0.3, 0.4) is 0 Å². The molecule has 4 rings (SSSR count). The number of hydrogen-bond donors (Lipinski definition) is 2. The molecule has 2 aliphatic heterocycles. The summed E-state index contributed by atoms with van der Waals surface area (Å²) < 4.78 is 21.2. The molecule has 0 saturated carbocycles. The summed E-state index contributed by atoms with van der Waals surface area (Å²) in [4.78, 5) is 3.08. The van der Waals surface area contributed by atoms with Crippen molar-refractivity contribution in [1.82, 2.24) is 20.2 Å². The maximum Gasteiger partial charge on any atom is 0.214 e. The molecule has 2 aliphatic rings. The molecular weight excluding hydrogens is 347 g/mol. The van der Waals surface area contributed by atoms with E-state index >= 15 is 0 Å². The second-order valence-corrected chi connectivity index (χ2v) is 7.60. The maximum atomic E-state index is 13.5. The van der Waals surface area contributed by atoms with Crippen molar-refractivity contribution in [2.45, 2.75) is 38.5 Å². The van der Waals surface area contributed by atoms with Crippen molar-refractivity contribution in [3.63, 3.8) is 0 Å². The van der Waals surface area contributed by atoms with E-state index in [9.17, 15) is 4.39 Å². The average molecular weight is 376 g/mol. The Morgan fingerprint density at radius 3 is 2.67 bits per heavy atom. The summed E-state index contributed by atoms with van der Waals surface area (Å²) in [5, 5.41) is 12.6. The molecular formula is C19H29FN6O+2. The molecule has 8 heteroatoms. The highest BCUT2D eigenvalue weighted by Crippen LogP contribution is 2.20. The van der Waals surface area contributed by atoms with Crippen molar-refractivity contribution >= 4 is 0 Å². The van der Waals surface area contributed by atoms with Crippen molar-refractivity contribution in [2.24, 2.45) is 0 Å². The zero-order chi connectivity index (χ0) is 18.6. The first kappa shape index (κ1) is 18.5. The first-order valence-electron chi connectivity index (χ1n) is 10.1. The largest absolute Gasteiger partial charge is 0.376 e. The Labute approximate surface area is 159 Å². The van der Waals surface area contributed by atoms with Gasteiger partial charge in [-0.1, -0.05) is 0 Å². The van der Waals surface area contributed by atoms with Crippen molar-refractivity contribution in [3.05, 3.63) is 41.5 Å². The van der Waals surface area contributed by atoms with Crippen LogP contribution in [0.1, 0.15) is 37.2 Å². The highest BCUT2D eigenvalue weighted by atomic mass is 19.1. The van der Waals surface area contributed by atoms with E-state index in [1.54, 1.807) is 4.90 Å². The normalized spacial score (nSPS) is 27.0. The lowest BCUT2D eigenvalue weighted by atomic mass is 10.0. The summed E-state index contributed by atoms with van der Waals surface area (Å²) in [6.07, 6.45) is 2.32. The molecule has 0 spiro atoms. The summed E-state index contributed by atoms with van der Waals surface area (Å²) >= 11 is 0. The minimum Gasteiger partial charge on any atom is -0.376 e. The number of hydrogen-bond acceptors (Lipinski definition) is 4. The fraction of sp³-hybridized carbons (Fsp3) is 0.632. The number of benzene rings is 1. The molecule has 2 saturated heterocycles. The fourth-order valence-corrected chi connectivity index (χ4v) is 4.32. The third kappa shape index (κ3) is 4.17. The highest BCUT2D eigenvalue weighted by molar-refractivity contribution is 5.23. The first-order chi connectivity index (χ1) is 13.2. The lowest BCUT2D eigenvalue weighted by molar-refractivity contribution is -1.02. The van der Waals surface area contributed by atoms with Gasteiger partial charge >= 0.3 is 0 Å². The van der Waals surface area contributed by atoms with Crippen molar-refractivity contribution < 1.29 is 18.9 Å². The van der Waals surface area contributed by atoms with Crippen LogP contribution in [0.25, 0.3) is 0 Å². The van der Waals surface area contributed by atoms with E-state index in [4.69, 9.17) is 4.74 Å². The number of nitrogens with one attached hydrogen (secondary N) is 2. The Balaban J connectivity index is 1.62. The lowest BCUT2D eigenvalue weighted by Gasteiger charge is -2.34. The Kier molecular flexibility index (Phi) is 5.75. The molecule has 0 aliphatic carbocycles. The van der Waals surface area contributed by atoms with Crippen LogP contribution in [-0.2, 0) is 11.3 Å². The van der Waals surface area contributed by atoms with Gasteiger partial charge in [0.1, 0.15) is 32.0 Å². The van der Waals surface area contributed by atoms with Gasteiger partial charge in [0.2, 0.25) is 5.82 Å². The van der Waals surface area contributed by atoms with Crippen LogP contribution in [0.5, 0.6) is 0 Å². The van der Waals surface area contributed by atoms with Gasteiger partial charge in [0, 0.05) is 12.2 Å². The molecule has 2 aromatic rings. The van der Waals surface area contributed by atoms with E-state index in [1.807, 2.05) is 16.8 Å². The minimum absolute atomic E-state index is 0.0143. The molecule has 2 fully saturated rings. The smallest absolute Gasteiger partial charge is 0.214 e. The molecule has 3 heterocycles. The van der Waals surface area contributed by atoms with Crippen LogP contribution < -0.4 is 9.80 Å². The Bertz CT molecular complexity index is 722. The van der Waals surface area contributed by atoms with Gasteiger partial charge in [-0.15, -0.1) is 5.10 Å². The zero-order valence-corrected chi connectivity index (χ0v) is 15.9. The number of nitrogens with zero attached hydrogens (tertiary/aromatic N) is 4. The number of halogens is 1. The number of aromatic nitrogens is 4. The third-order valence-corrected chi connectivity index (χ3v) is 5.93. The van der Waals surface area contributed by atoms with Crippen LogP contribution >= 0.6 is 0 Å². The Hall–Kier alpha value is -1.90. The third-order valence-electron chi connectivity index (χ3n) is 5.93. The van der Waals surface area contributed by atoms with E-state index in [-0.39, 0.29) is 18.0 Å². The van der Waals surface area contributed by atoms with Gasteiger partial charge in [0.15, 0.2) is 6.04 Å². The number of piperazine rings is 1. The highest BCUT2D eigenvalue weighted by Gasteiger charge is 2.35. The van der Waals surface area contributed by atoms with Gasteiger partial charge in [-0.05, 0) is 54.5 Å². The minimum atomic E-state index is -0.216. The summed E-state index contributed by atoms with van der Waals surface area (Å²) in [6.45, 7) is 9.27. The van der Waals surface area contributed by atoms with Crippen molar-refractivity contribution in [3.8, 4) is 0 Å². The summed E-state index contributed by atoms with van der Waals surface area (Å²) in [5.41, 5.74) is 1.06. The molecule has 27 heavy (non-hydrogen) atoms. The SMILES string of the molecule is CC[NH+]1CC[NH+]([C@H](c2ccc(F)cc2)c2nnnn2C[C@@H]2CCCO2)CC1. The molecule has 2 atom stereocenters. The van der Waals surface area contributed by atoms with Crippen LogP contribution in [0, 0.1) is 5.82 Å². The molecule has 2 N–H and O–H groups in total. The van der Waals surface area contributed by atoms with E-state index < -0.39 is 0 Å². The van der Waals surface area contributed by atoms with Gasteiger partial charge < -0.3 is 14.5 Å². The average Bonchev–Trinajstić information content (AvgIpc) is 3.37. The summed E-state index contributed by atoms with van der Waals surface area (Å²) in [5.74, 6) is 0.638. The number of ether oxygens (including phenoxy) is 1. The first-order valence-corrected chi connectivity index (χ1v) is 10.1. The van der Waals surface area contributed by atoms with Gasteiger partial charge in [0.25, 0.3) is 0 Å². The molecule has 0 unspecified atom stereocenters. The monoisotopic (exact) mass is 376 g/mol. The van der Waals surface area contributed by atoms with Crippen molar-refractivity contribution in [1.29, 1.82) is 0 Å². The molecule has 7 nitrogen and oxygen atoms in total. The fourth-order valence-electron chi connectivity index (χ4n) is 4.32. The van der Waals surface area contributed by atoms with Gasteiger partial charge in [-0.2, -0.15) is 0 Å². The van der Waals surface area contributed by atoms with E-state index in [0.717, 1.165) is 63.6 Å². The van der Waals surface area contributed by atoms with Crippen LogP contribution in [0.4, 0.5) is 4.39 Å².